The second-order valence-corrected chi connectivity index (χ2v) is 6.30. The predicted octanol–water partition coefficient (Wildman–Crippen LogP) is 2.13. The number of hydrogen-bond acceptors (Lipinski definition) is 5. The third-order valence-corrected chi connectivity index (χ3v) is 4.32. The van der Waals surface area contributed by atoms with Gasteiger partial charge >= 0.3 is 0 Å². The van der Waals surface area contributed by atoms with E-state index < -0.39 is 0 Å². The lowest BCUT2D eigenvalue weighted by molar-refractivity contribution is 0.0658. The summed E-state index contributed by atoms with van der Waals surface area (Å²) in [6, 6.07) is 9.30. The van der Waals surface area contributed by atoms with Crippen molar-refractivity contribution < 1.29 is 4.79 Å². The van der Waals surface area contributed by atoms with Crippen molar-refractivity contribution in [1.29, 1.82) is 0 Å². The van der Waals surface area contributed by atoms with Gasteiger partial charge in [0.05, 0.1) is 0 Å². The van der Waals surface area contributed by atoms with Gasteiger partial charge < -0.3 is 15.1 Å². The number of carbonyl (C=O) groups excluding carboxylic acids is 1. The molecule has 0 atom stereocenters. The van der Waals surface area contributed by atoms with Crippen molar-refractivity contribution in [1.82, 2.24) is 19.8 Å². The number of nitrogens with zero attached hydrogens (tertiary/aromatic N) is 4. The van der Waals surface area contributed by atoms with E-state index in [0.29, 0.717) is 23.1 Å². The fraction of sp³-hybridized carbons (Fsp3) is 0.353. The molecule has 3 rings (SSSR count). The zero-order valence-corrected chi connectivity index (χ0v) is 14.3. The number of piperazine rings is 1. The van der Waals surface area contributed by atoms with Crippen LogP contribution in [0.2, 0.25) is 5.02 Å². The largest absolute Gasteiger partial charge is 0.366 e. The molecule has 1 saturated heterocycles. The molecule has 0 bridgehead atoms. The molecule has 1 aliphatic rings. The summed E-state index contributed by atoms with van der Waals surface area (Å²) in [6.45, 7) is 3.84. The normalized spacial score (nSPS) is 15.3. The Morgan fingerprint density at radius 2 is 1.88 bits per heavy atom. The first-order chi connectivity index (χ1) is 11.6. The van der Waals surface area contributed by atoms with Crippen LogP contribution in [0.3, 0.4) is 0 Å². The Labute approximate surface area is 146 Å². The van der Waals surface area contributed by atoms with Gasteiger partial charge in [-0.05, 0) is 24.7 Å². The number of amides is 1. The summed E-state index contributed by atoms with van der Waals surface area (Å²) < 4.78 is 0. The van der Waals surface area contributed by atoms with Crippen LogP contribution < -0.4 is 5.32 Å². The Bertz CT molecular complexity index is 698. The number of nitrogens with one attached hydrogen (secondary N) is 1. The van der Waals surface area contributed by atoms with Crippen LogP contribution >= 0.6 is 11.6 Å². The van der Waals surface area contributed by atoms with E-state index in [1.54, 1.807) is 6.07 Å². The number of aromatic nitrogens is 2. The fourth-order valence-electron chi connectivity index (χ4n) is 2.54. The highest BCUT2D eigenvalue weighted by atomic mass is 35.5. The number of anilines is 1. The molecule has 0 unspecified atom stereocenters. The van der Waals surface area contributed by atoms with Crippen LogP contribution in [0.15, 0.2) is 36.7 Å². The zero-order valence-electron chi connectivity index (χ0n) is 13.6. The minimum absolute atomic E-state index is 0.0416. The van der Waals surface area contributed by atoms with Gasteiger partial charge in [0.15, 0.2) is 0 Å². The summed E-state index contributed by atoms with van der Waals surface area (Å²) >= 11 is 5.88. The second kappa shape index (κ2) is 7.59. The molecule has 1 amide bonds. The van der Waals surface area contributed by atoms with Gasteiger partial charge in [0.2, 0.25) is 0 Å². The van der Waals surface area contributed by atoms with Gasteiger partial charge in [-0.25, -0.2) is 9.97 Å². The lowest BCUT2D eigenvalue weighted by Gasteiger charge is -2.32. The second-order valence-electron chi connectivity index (χ2n) is 5.86. The number of halogens is 1. The fourth-order valence-corrected chi connectivity index (χ4v) is 2.66. The van der Waals surface area contributed by atoms with E-state index in [1.807, 2.05) is 29.2 Å². The van der Waals surface area contributed by atoms with Crippen molar-refractivity contribution in [3.8, 4) is 0 Å². The molecule has 0 spiro atoms. The molecule has 126 valence electrons. The average molecular weight is 346 g/mol. The van der Waals surface area contributed by atoms with Crippen LogP contribution in [0, 0.1) is 0 Å². The molecule has 24 heavy (non-hydrogen) atoms. The molecule has 0 saturated carbocycles. The standard InChI is InChI=1S/C17H20ClN5O/c1-22-6-8-23(9-7-22)17(24)15-10-16(21-12-20-15)19-11-13-2-4-14(18)5-3-13/h2-5,10,12H,6-9,11H2,1H3,(H,19,20,21). The Morgan fingerprint density at radius 3 is 2.58 bits per heavy atom. The van der Waals surface area contributed by atoms with Crippen molar-refractivity contribution in [3.63, 3.8) is 0 Å². The molecule has 1 N–H and O–H groups in total. The summed E-state index contributed by atoms with van der Waals surface area (Å²) in [5.41, 5.74) is 1.51. The maximum atomic E-state index is 12.5. The first-order valence-corrected chi connectivity index (χ1v) is 8.28. The molecule has 2 aromatic rings. The molecule has 6 nitrogen and oxygen atoms in total. The van der Waals surface area contributed by atoms with Crippen molar-refractivity contribution in [2.45, 2.75) is 6.54 Å². The number of hydrogen-bond donors (Lipinski definition) is 1. The SMILES string of the molecule is CN1CCN(C(=O)c2cc(NCc3ccc(Cl)cc3)ncn2)CC1. The van der Waals surface area contributed by atoms with E-state index in [2.05, 4.69) is 27.2 Å². The lowest BCUT2D eigenvalue weighted by Crippen LogP contribution is -2.47. The smallest absolute Gasteiger partial charge is 0.272 e. The highest BCUT2D eigenvalue weighted by Gasteiger charge is 2.21. The molecule has 1 aromatic heterocycles. The van der Waals surface area contributed by atoms with E-state index in [0.717, 1.165) is 31.7 Å². The molecule has 1 aromatic carbocycles. The molecule has 1 aliphatic heterocycles. The Balaban J connectivity index is 1.63. The third-order valence-electron chi connectivity index (χ3n) is 4.06. The van der Waals surface area contributed by atoms with Crippen LogP contribution in [-0.4, -0.2) is 58.9 Å². The molecular weight excluding hydrogens is 326 g/mol. The van der Waals surface area contributed by atoms with E-state index >= 15 is 0 Å². The molecule has 2 heterocycles. The number of likely N-dealkylation sites (N-methyl/N-ethyl adjacent to an activating group) is 1. The van der Waals surface area contributed by atoms with Gasteiger partial charge in [0.1, 0.15) is 17.8 Å². The van der Waals surface area contributed by atoms with Crippen LogP contribution in [0.1, 0.15) is 16.1 Å². The van der Waals surface area contributed by atoms with Crippen LogP contribution in [0.25, 0.3) is 0 Å². The predicted molar refractivity (Wildman–Crippen MR) is 94.2 cm³/mol. The highest BCUT2D eigenvalue weighted by Crippen LogP contribution is 2.13. The first kappa shape index (κ1) is 16.7. The summed E-state index contributed by atoms with van der Waals surface area (Å²) in [6.07, 6.45) is 1.42. The van der Waals surface area contributed by atoms with Gasteiger partial charge in [-0.1, -0.05) is 23.7 Å². The maximum absolute atomic E-state index is 12.5. The first-order valence-electron chi connectivity index (χ1n) is 7.90. The van der Waals surface area contributed by atoms with E-state index in [-0.39, 0.29) is 5.91 Å². The van der Waals surface area contributed by atoms with Crippen molar-refractivity contribution in [2.75, 3.05) is 38.5 Å². The quantitative estimate of drug-likeness (QED) is 0.919. The molecular formula is C17H20ClN5O. The Morgan fingerprint density at radius 1 is 1.17 bits per heavy atom. The van der Waals surface area contributed by atoms with E-state index in [4.69, 9.17) is 11.6 Å². The van der Waals surface area contributed by atoms with Crippen molar-refractivity contribution >= 4 is 23.3 Å². The van der Waals surface area contributed by atoms with Gasteiger partial charge in [-0.2, -0.15) is 0 Å². The number of carbonyl (C=O) groups is 1. The van der Waals surface area contributed by atoms with Gasteiger partial charge in [-0.3, -0.25) is 4.79 Å². The van der Waals surface area contributed by atoms with Crippen LogP contribution in [0.4, 0.5) is 5.82 Å². The summed E-state index contributed by atoms with van der Waals surface area (Å²) in [5.74, 6) is 0.595. The van der Waals surface area contributed by atoms with Crippen LogP contribution in [0.5, 0.6) is 0 Å². The molecule has 0 aliphatic carbocycles. The van der Waals surface area contributed by atoms with Gasteiger partial charge in [0.25, 0.3) is 5.91 Å². The number of benzene rings is 1. The maximum Gasteiger partial charge on any atom is 0.272 e. The summed E-state index contributed by atoms with van der Waals surface area (Å²) in [4.78, 5) is 24.9. The molecule has 7 heteroatoms. The highest BCUT2D eigenvalue weighted by molar-refractivity contribution is 6.30. The third kappa shape index (κ3) is 4.21. The average Bonchev–Trinajstić information content (AvgIpc) is 2.61. The Kier molecular flexibility index (Phi) is 5.27. The number of rotatable bonds is 4. The Hall–Kier alpha value is -2.18. The lowest BCUT2D eigenvalue weighted by atomic mass is 10.2. The summed E-state index contributed by atoms with van der Waals surface area (Å²) in [7, 11) is 2.06. The van der Waals surface area contributed by atoms with Crippen LogP contribution in [-0.2, 0) is 6.54 Å². The van der Waals surface area contributed by atoms with Crippen molar-refractivity contribution in [2.24, 2.45) is 0 Å². The van der Waals surface area contributed by atoms with E-state index in [1.165, 1.54) is 6.33 Å². The monoisotopic (exact) mass is 345 g/mol. The minimum Gasteiger partial charge on any atom is -0.366 e. The molecule has 1 fully saturated rings. The minimum atomic E-state index is -0.0416. The zero-order chi connectivity index (χ0) is 16.9. The van der Waals surface area contributed by atoms with E-state index in [9.17, 15) is 4.79 Å². The summed E-state index contributed by atoms with van der Waals surface area (Å²) in [5, 5.41) is 3.92. The van der Waals surface area contributed by atoms with Crippen molar-refractivity contribution in [3.05, 3.63) is 52.9 Å². The van der Waals surface area contributed by atoms with Gasteiger partial charge in [0, 0.05) is 43.8 Å². The topological polar surface area (TPSA) is 61.4 Å². The van der Waals surface area contributed by atoms with Gasteiger partial charge in [-0.15, -0.1) is 0 Å². The molecule has 0 radical (unpaired) electrons.